The van der Waals surface area contributed by atoms with Crippen molar-refractivity contribution >= 4 is 34.8 Å². The Kier molecular flexibility index (Phi) is 4.53. The molecule has 20 heavy (non-hydrogen) atoms. The lowest BCUT2D eigenvalue weighted by atomic mass is 10.1. The Balaban J connectivity index is 2.35. The van der Waals surface area contributed by atoms with Gasteiger partial charge in [-0.3, -0.25) is 4.79 Å². The summed E-state index contributed by atoms with van der Waals surface area (Å²) in [6.45, 7) is 1.93. The smallest absolute Gasteiger partial charge is 0.258 e. The van der Waals surface area contributed by atoms with E-state index in [1.807, 2.05) is 19.1 Å². The molecule has 1 amide bonds. The second-order valence-electron chi connectivity index (χ2n) is 4.25. The van der Waals surface area contributed by atoms with Crippen LogP contribution < -0.4 is 10.1 Å². The van der Waals surface area contributed by atoms with E-state index < -0.39 is 0 Å². The molecule has 0 atom stereocenters. The molecule has 0 bridgehead atoms. The van der Waals surface area contributed by atoms with Gasteiger partial charge in [-0.1, -0.05) is 35.3 Å². The van der Waals surface area contributed by atoms with Crippen molar-refractivity contribution in [1.82, 2.24) is 0 Å². The summed E-state index contributed by atoms with van der Waals surface area (Å²) in [5.74, 6) is 0.205. The Labute approximate surface area is 127 Å². The maximum absolute atomic E-state index is 12.3. The van der Waals surface area contributed by atoms with E-state index in [0.29, 0.717) is 21.5 Å². The number of halogens is 2. The molecule has 0 aliphatic carbocycles. The number of amides is 1. The third kappa shape index (κ3) is 3.06. The third-order valence-corrected chi connectivity index (χ3v) is 3.42. The number of ether oxygens (including phenoxy) is 1. The fourth-order valence-electron chi connectivity index (χ4n) is 1.82. The summed E-state index contributed by atoms with van der Waals surface area (Å²) in [7, 11) is 1.54. The Morgan fingerprint density at radius 3 is 2.40 bits per heavy atom. The molecule has 0 aliphatic heterocycles. The zero-order valence-electron chi connectivity index (χ0n) is 11.0. The monoisotopic (exact) mass is 309 g/mol. The van der Waals surface area contributed by atoms with Gasteiger partial charge in [-0.2, -0.15) is 0 Å². The second kappa shape index (κ2) is 6.16. The number of carbonyl (C=O) groups excluding carboxylic acids is 1. The molecular weight excluding hydrogens is 297 g/mol. The number of benzene rings is 2. The summed E-state index contributed by atoms with van der Waals surface area (Å²) in [6, 6.07) is 10.4. The van der Waals surface area contributed by atoms with E-state index in [4.69, 9.17) is 27.9 Å². The summed E-state index contributed by atoms with van der Waals surface area (Å²) in [4.78, 5) is 12.3. The van der Waals surface area contributed by atoms with Crippen molar-refractivity contribution in [2.75, 3.05) is 12.4 Å². The van der Waals surface area contributed by atoms with Gasteiger partial charge in [0.05, 0.1) is 28.4 Å². The van der Waals surface area contributed by atoms with Crippen molar-refractivity contribution in [2.24, 2.45) is 0 Å². The van der Waals surface area contributed by atoms with Gasteiger partial charge in [-0.25, -0.2) is 0 Å². The van der Waals surface area contributed by atoms with Gasteiger partial charge in [-0.15, -0.1) is 0 Å². The molecule has 2 aromatic rings. The first kappa shape index (κ1) is 14.7. The standard InChI is InChI=1S/C15H13Cl2NO2/c1-9-6-7-13(20-2)12(8-9)18-15(19)14-10(16)4-3-5-11(14)17/h3-8H,1-2H3,(H,18,19). The molecule has 0 saturated carbocycles. The highest BCUT2D eigenvalue weighted by Crippen LogP contribution is 2.29. The van der Waals surface area contributed by atoms with Crippen LogP contribution in [0.5, 0.6) is 5.75 Å². The van der Waals surface area contributed by atoms with Crippen LogP contribution in [-0.4, -0.2) is 13.0 Å². The average molecular weight is 310 g/mol. The first-order valence-corrected chi connectivity index (χ1v) is 6.68. The minimum atomic E-state index is -0.371. The van der Waals surface area contributed by atoms with E-state index in [-0.39, 0.29) is 11.5 Å². The summed E-state index contributed by atoms with van der Waals surface area (Å²) >= 11 is 12.0. The predicted octanol–water partition coefficient (Wildman–Crippen LogP) is 4.56. The molecular formula is C15H13Cl2NO2. The molecule has 3 nitrogen and oxygen atoms in total. The fourth-order valence-corrected chi connectivity index (χ4v) is 2.39. The maximum atomic E-state index is 12.3. The Hall–Kier alpha value is -1.71. The van der Waals surface area contributed by atoms with E-state index >= 15 is 0 Å². The first-order chi connectivity index (χ1) is 9.52. The number of hydrogen-bond acceptors (Lipinski definition) is 2. The van der Waals surface area contributed by atoms with Crippen molar-refractivity contribution in [2.45, 2.75) is 6.92 Å². The van der Waals surface area contributed by atoms with Crippen molar-refractivity contribution in [3.8, 4) is 5.75 Å². The number of rotatable bonds is 3. The highest BCUT2D eigenvalue weighted by molar-refractivity contribution is 6.40. The normalized spacial score (nSPS) is 10.2. The fraction of sp³-hybridized carbons (Fsp3) is 0.133. The number of nitrogens with one attached hydrogen (secondary N) is 1. The molecule has 0 spiro atoms. The maximum Gasteiger partial charge on any atom is 0.258 e. The van der Waals surface area contributed by atoms with Crippen LogP contribution in [0.25, 0.3) is 0 Å². The topological polar surface area (TPSA) is 38.3 Å². The molecule has 1 N–H and O–H groups in total. The molecule has 0 aromatic heterocycles. The molecule has 104 valence electrons. The Morgan fingerprint density at radius 1 is 1.15 bits per heavy atom. The third-order valence-electron chi connectivity index (χ3n) is 2.79. The number of anilines is 1. The first-order valence-electron chi connectivity index (χ1n) is 5.93. The van der Waals surface area contributed by atoms with Crippen LogP contribution in [0, 0.1) is 6.92 Å². The largest absolute Gasteiger partial charge is 0.495 e. The van der Waals surface area contributed by atoms with Gasteiger partial charge in [0.25, 0.3) is 5.91 Å². The lowest BCUT2D eigenvalue weighted by Gasteiger charge is -2.12. The van der Waals surface area contributed by atoms with Crippen LogP contribution in [0.2, 0.25) is 10.0 Å². The van der Waals surface area contributed by atoms with Gasteiger partial charge >= 0.3 is 0 Å². The van der Waals surface area contributed by atoms with Crippen LogP contribution >= 0.6 is 23.2 Å². The van der Waals surface area contributed by atoms with Crippen LogP contribution in [0.4, 0.5) is 5.69 Å². The molecule has 0 unspecified atom stereocenters. The highest BCUT2D eigenvalue weighted by Gasteiger charge is 2.16. The van der Waals surface area contributed by atoms with E-state index in [1.54, 1.807) is 31.4 Å². The summed E-state index contributed by atoms with van der Waals surface area (Å²) in [5.41, 5.74) is 1.83. The molecule has 0 aliphatic rings. The molecule has 5 heteroatoms. The lowest BCUT2D eigenvalue weighted by molar-refractivity contribution is 0.102. The minimum Gasteiger partial charge on any atom is -0.495 e. The van der Waals surface area contributed by atoms with Gasteiger partial charge < -0.3 is 10.1 Å². The van der Waals surface area contributed by atoms with Gasteiger partial charge in [0.15, 0.2) is 0 Å². The van der Waals surface area contributed by atoms with Crippen LogP contribution in [-0.2, 0) is 0 Å². The number of hydrogen-bond donors (Lipinski definition) is 1. The zero-order valence-corrected chi connectivity index (χ0v) is 12.5. The lowest BCUT2D eigenvalue weighted by Crippen LogP contribution is -2.14. The van der Waals surface area contributed by atoms with E-state index in [0.717, 1.165) is 5.56 Å². The summed E-state index contributed by atoms with van der Waals surface area (Å²) in [5, 5.41) is 3.38. The van der Waals surface area contributed by atoms with Crippen LogP contribution in [0.3, 0.4) is 0 Å². The van der Waals surface area contributed by atoms with Crippen LogP contribution in [0.15, 0.2) is 36.4 Å². The zero-order chi connectivity index (χ0) is 14.7. The number of carbonyl (C=O) groups is 1. The van der Waals surface area contributed by atoms with Crippen LogP contribution in [0.1, 0.15) is 15.9 Å². The van der Waals surface area contributed by atoms with Gasteiger partial charge in [0.2, 0.25) is 0 Å². The predicted molar refractivity (Wildman–Crippen MR) is 82.1 cm³/mol. The second-order valence-corrected chi connectivity index (χ2v) is 5.07. The van der Waals surface area contributed by atoms with Crippen molar-refractivity contribution < 1.29 is 9.53 Å². The number of methoxy groups -OCH3 is 1. The number of aryl methyl sites for hydroxylation is 1. The van der Waals surface area contributed by atoms with Crippen molar-refractivity contribution in [3.05, 3.63) is 57.6 Å². The summed E-state index contributed by atoms with van der Waals surface area (Å²) < 4.78 is 5.22. The molecule has 2 aromatic carbocycles. The molecule has 0 radical (unpaired) electrons. The van der Waals surface area contributed by atoms with Crippen molar-refractivity contribution in [1.29, 1.82) is 0 Å². The van der Waals surface area contributed by atoms with Crippen molar-refractivity contribution in [3.63, 3.8) is 0 Å². The van der Waals surface area contributed by atoms with Gasteiger partial charge in [0.1, 0.15) is 5.75 Å². The van der Waals surface area contributed by atoms with E-state index in [2.05, 4.69) is 5.32 Å². The SMILES string of the molecule is COc1ccc(C)cc1NC(=O)c1c(Cl)cccc1Cl. The average Bonchev–Trinajstić information content (AvgIpc) is 2.38. The van der Waals surface area contributed by atoms with Gasteiger partial charge in [-0.05, 0) is 36.8 Å². The van der Waals surface area contributed by atoms with E-state index in [1.165, 1.54) is 0 Å². The van der Waals surface area contributed by atoms with E-state index in [9.17, 15) is 4.79 Å². The molecule has 0 heterocycles. The molecule has 0 fully saturated rings. The Bertz CT molecular complexity index is 636. The van der Waals surface area contributed by atoms with Gasteiger partial charge in [0, 0.05) is 0 Å². The molecule has 2 rings (SSSR count). The molecule has 0 saturated heterocycles. The Morgan fingerprint density at radius 2 is 1.80 bits per heavy atom. The quantitative estimate of drug-likeness (QED) is 0.902. The summed E-state index contributed by atoms with van der Waals surface area (Å²) in [6.07, 6.45) is 0. The highest BCUT2D eigenvalue weighted by atomic mass is 35.5. The minimum absolute atomic E-state index is 0.249.